The first-order valence-corrected chi connectivity index (χ1v) is 8.29. The van der Waals surface area contributed by atoms with Crippen LogP contribution in [0.15, 0.2) is 48.5 Å². The molecule has 0 fully saturated rings. The molecule has 0 unspecified atom stereocenters. The van der Waals surface area contributed by atoms with Gasteiger partial charge < -0.3 is 15.1 Å². The van der Waals surface area contributed by atoms with E-state index in [1.807, 2.05) is 56.3 Å². The maximum atomic E-state index is 12.8. The molecule has 0 aliphatic rings. The number of aromatic nitrogens is 1. The number of likely N-dealkylation sites (N-methyl/N-ethyl adjacent to an activating group) is 1. The number of nitrogens with one attached hydrogen (secondary N) is 1. The van der Waals surface area contributed by atoms with Gasteiger partial charge >= 0.3 is 0 Å². The van der Waals surface area contributed by atoms with Crippen LogP contribution in [0, 0.1) is 0 Å². The normalized spacial score (nSPS) is 10.6. The summed E-state index contributed by atoms with van der Waals surface area (Å²) in [5.41, 5.74) is 1.30. The highest BCUT2D eigenvalue weighted by Crippen LogP contribution is 2.16. The van der Waals surface area contributed by atoms with Gasteiger partial charge in [-0.2, -0.15) is 0 Å². The first kappa shape index (κ1) is 18.6. The summed E-state index contributed by atoms with van der Waals surface area (Å²) >= 11 is 0. The molecule has 1 N–H and O–H groups in total. The van der Waals surface area contributed by atoms with Crippen molar-refractivity contribution in [1.29, 1.82) is 0 Å². The third-order valence-corrected chi connectivity index (χ3v) is 3.67. The Morgan fingerprint density at radius 3 is 2.32 bits per heavy atom. The van der Waals surface area contributed by atoms with Crippen LogP contribution in [0.4, 0.5) is 5.69 Å². The molecule has 2 rings (SSSR count). The predicted molar refractivity (Wildman–Crippen MR) is 98.9 cm³/mol. The molecule has 0 bridgehead atoms. The number of amides is 2. The first-order chi connectivity index (χ1) is 12.0. The van der Waals surface area contributed by atoms with Crippen LogP contribution < -0.4 is 10.2 Å². The highest BCUT2D eigenvalue weighted by molar-refractivity contribution is 6.05. The highest BCUT2D eigenvalue weighted by Gasteiger charge is 2.18. The molecule has 2 amide bonds. The van der Waals surface area contributed by atoms with Gasteiger partial charge in [-0.1, -0.05) is 24.3 Å². The van der Waals surface area contributed by atoms with Gasteiger partial charge in [0, 0.05) is 25.3 Å². The van der Waals surface area contributed by atoms with Crippen LogP contribution >= 0.6 is 0 Å². The molecule has 132 valence electrons. The number of benzene rings is 1. The lowest BCUT2D eigenvalue weighted by molar-refractivity contribution is 0.0945. The predicted octanol–water partition coefficient (Wildman–Crippen LogP) is 2.04. The zero-order valence-electron chi connectivity index (χ0n) is 14.9. The van der Waals surface area contributed by atoms with E-state index in [0.717, 1.165) is 12.2 Å². The minimum atomic E-state index is -0.278. The SMILES string of the molecule is CCN(C(=O)c1cccc(C(=O)NCCN(C)C)n1)c1ccccc1. The van der Waals surface area contributed by atoms with E-state index in [0.29, 0.717) is 13.1 Å². The Labute approximate surface area is 148 Å². The fourth-order valence-electron chi connectivity index (χ4n) is 2.35. The van der Waals surface area contributed by atoms with Crippen LogP contribution in [0.2, 0.25) is 0 Å². The second-order valence-corrected chi connectivity index (χ2v) is 5.85. The van der Waals surface area contributed by atoms with Crippen molar-refractivity contribution in [2.45, 2.75) is 6.92 Å². The number of hydrogen-bond donors (Lipinski definition) is 1. The van der Waals surface area contributed by atoms with E-state index in [4.69, 9.17) is 0 Å². The molecule has 0 spiro atoms. The second-order valence-electron chi connectivity index (χ2n) is 5.85. The standard InChI is InChI=1S/C19H24N4O2/c1-4-23(15-9-6-5-7-10-15)19(25)17-12-8-11-16(21-17)18(24)20-13-14-22(2)3/h5-12H,4,13-14H2,1-3H3,(H,20,24). The fraction of sp³-hybridized carbons (Fsp3) is 0.316. The number of rotatable bonds is 7. The van der Waals surface area contributed by atoms with Crippen molar-refractivity contribution < 1.29 is 9.59 Å². The van der Waals surface area contributed by atoms with Crippen LogP contribution in [0.25, 0.3) is 0 Å². The van der Waals surface area contributed by atoms with Crippen LogP contribution in [0.3, 0.4) is 0 Å². The summed E-state index contributed by atoms with van der Waals surface area (Å²) < 4.78 is 0. The Balaban J connectivity index is 2.14. The average molecular weight is 340 g/mol. The minimum absolute atomic E-state index is 0.225. The molecule has 1 aromatic heterocycles. The van der Waals surface area contributed by atoms with E-state index < -0.39 is 0 Å². The molecule has 0 saturated heterocycles. The van der Waals surface area contributed by atoms with Gasteiger partial charge in [-0.25, -0.2) is 4.98 Å². The average Bonchev–Trinajstić information content (AvgIpc) is 2.63. The summed E-state index contributed by atoms with van der Waals surface area (Å²) in [6.07, 6.45) is 0. The zero-order chi connectivity index (χ0) is 18.2. The summed E-state index contributed by atoms with van der Waals surface area (Å²) in [5.74, 6) is -0.504. The molecule has 1 heterocycles. The number of hydrogen-bond acceptors (Lipinski definition) is 4. The molecular formula is C19H24N4O2. The maximum absolute atomic E-state index is 12.8. The topological polar surface area (TPSA) is 65.5 Å². The summed E-state index contributed by atoms with van der Waals surface area (Å²) in [5, 5.41) is 2.80. The number of pyridine rings is 1. The van der Waals surface area contributed by atoms with E-state index in [1.165, 1.54) is 0 Å². The van der Waals surface area contributed by atoms with E-state index in [9.17, 15) is 9.59 Å². The van der Waals surface area contributed by atoms with Gasteiger partial charge in [0.05, 0.1) is 0 Å². The number of carbonyl (C=O) groups is 2. The van der Waals surface area contributed by atoms with Gasteiger partial charge in [-0.15, -0.1) is 0 Å². The van der Waals surface area contributed by atoms with Crippen molar-refractivity contribution in [2.24, 2.45) is 0 Å². The number of carbonyl (C=O) groups excluding carboxylic acids is 2. The third-order valence-electron chi connectivity index (χ3n) is 3.67. The van der Waals surface area contributed by atoms with Crippen molar-refractivity contribution >= 4 is 17.5 Å². The quantitative estimate of drug-likeness (QED) is 0.838. The maximum Gasteiger partial charge on any atom is 0.276 e. The summed E-state index contributed by atoms with van der Waals surface area (Å²) in [6, 6.07) is 14.3. The van der Waals surface area contributed by atoms with Crippen molar-refractivity contribution in [3.8, 4) is 0 Å². The van der Waals surface area contributed by atoms with Crippen LogP contribution in [0.5, 0.6) is 0 Å². The lowest BCUT2D eigenvalue weighted by Gasteiger charge is -2.20. The van der Waals surface area contributed by atoms with Crippen molar-refractivity contribution in [3.63, 3.8) is 0 Å². The molecular weight excluding hydrogens is 316 g/mol. The summed E-state index contributed by atoms with van der Waals surface area (Å²) in [4.78, 5) is 32.8. The molecule has 2 aromatic rings. The van der Waals surface area contributed by atoms with Crippen LogP contribution in [-0.2, 0) is 0 Å². The Morgan fingerprint density at radius 2 is 1.68 bits per heavy atom. The van der Waals surface area contributed by atoms with E-state index >= 15 is 0 Å². The van der Waals surface area contributed by atoms with Crippen molar-refractivity contribution in [3.05, 3.63) is 59.9 Å². The lowest BCUT2D eigenvalue weighted by Crippen LogP contribution is -2.33. The fourth-order valence-corrected chi connectivity index (χ4v) is 2.35. The Bertz CT molecular complexity index is 716. The van der Waals surface area contributed by atoms with E-state index in [1.54, 1.807) is 23.1 Å². The number of para-hydroxylation sites is 1. The van der Waals surface area contributed by atoms with Crippen molar-refractivity contribution in [1.82, 2.24) is 15.2 Å². The monoisotopic (exact) mass is 340 g/mol. The molecule has 0 aliphatic heterocycles. The minimum Gasteiger partial charge on any atom is -0.349 e. The van der Waals surface area contributed by atoms with Gasteiger partial charge in [0.2, 0.25) is 0 Å². The molecule has 6 heteroatoms. The zero-order valence-corrected chi connectivity index (χ0v) is 14.9. The van der Waals surface area contributed by atoms with E-state index in [2.05, 4.69) is 10.3 Å². The molecule has 0 aliphatic carbocycles. The largest absolute Gasteiger partial charge is 0.349 e. The Kier molecular flexibility index (Phi) is 6.65. The molecule has 6 nitrogen and oxygen atoms in total. The number of anilines is 1. The Morgan fingerprint density at radius 1 is 1.00 bits per heavy atom. The van der Waals surface area contributed by atoms with E-state index in [-0.39, 0.29) is 23.2 Å². The molecule has 0 atom stereocenters. The second kappa shape index (κ2) is 8.94. The van der Waals surface area contributed by atoms with Gasteiger partial charge in [-0.3, -0.25) is 9.59 Å². The number of nitrogens with zero attached hydrogens (tertiary/aromatic N) is 3. The summed E-state index contributed by atoms with van der Waals surface area (Å²) in [7, 11) is 3.87. The molecule has 0 radical (unpaired) electrons. The third kappa shape index (κ3) is 5.12. The summed E-state index contributed by atoms with van der Waals surface area (Å²) in [6.45, 7) is 3.69. The van der Waals surface area contributed by atoms with Gasteiger partial charge in [-0.05, 0) is 45.3 Å². The smallest absolute Gasteiger partial charge is 0.276 e. The van der Waals surface area contributed by atoms with Gasteiger partial charge in [0.15, 0.2) is 0 Å². The van der Waals surface area contributed by atoms with Crippen molar-refractivity contribution in [2.75, 3.05) is 38.6 Å². The molecule has 25 heavy (non-hydrogen) atoms. The van der Waals surface area contributed by atoms with Crippen LogP contribution in [0.1, 0.15) is 27.9 Å². The van der Waals surface area contributed by atoms with Gasteiger partial charge in [0.25, 0.3) is 11.8 Å². The van der Waals surface area contributed by atoms with Gasteiger partial charge in [0.1, 0.15) is 11.4 Å². The molecule has 0 saturated carbocycles. The first-order valence-electron chi connectivity index (χ1n) is 8.29. The lowest BCUT2D eigenvalue weighted by atomic mass is 10.2. The highest BCUT2D eigenvalue weighted by atomic mass is 16.2. The molecule has 1 aromatic carbocycles. The Hall–Kier alpha value is -2.73. The van der Waals surface area contributed by atoms with Crippen LogP contribution in [-0.4, -0.2) is 55.4 Å².